The van der Waals surface area contributed by atoms with Gasteiger partial charge in [-0.15, -0.1) is 11.3 Å². The van der Waals surface area contributed by atoms with Crippen molar-refractivity contribution in [2.45, 2.75) is 26.3 Å². The van der Waals surface area contributed by atoms with Crippen molar-refractivity contribution < 1.29 is 9.59 Å². The molecular formula is C20H25N3O2S. The van der Waals surface area contributed by atoms with E-state index < -0.39 is 0 Å². The van der Waals surface area contributed by atoms with Crippen molar-refractivity contribution in [3.63, 3.8) is 0 Å². The van der Waals surface area contributed by atoms with Crippen LogP contribution in [0.15, 0.2) is 41.8 Å². The Morgan fingerprint density at radius 3 is 2.50 bits per heavy atom. The van der Waals surface area contributed by atoms with Crippen LogP contribution in [-0.4, -0.2) is 47.9 Å². The Balaban J connectivity index is 1.47. The van der Waals surface area contributed by atoms with Crippen molar-refractivity contribution in [1.82, 2.24) is 15.1 Å². The average molecular weight is 372 g/mol. The van der Waals surface area contributed by atoms with Crippen LogP contribution in [0.25, 0.3) is 0 Å². The van der Waals surface area contributed by atoms with Crippen molar-refractivity contribution in [3.8, 4) is 0 Å². The molecule has 5 nitrogen and oxygen atoms in total. The molecule has 3 amide bonds. The summed E-state index contributed by atoms with van der Waals surface area (Å²) in [5.74, 6) is 0.148. The molecule has 2 aromatic rings. The van der Waals surface area contributed by atoms with Gasteiger partial charge in [0.05, 0.1) is 6.42 Å². The largest absolute Gasteiger partial charge is 0.341 e. The number of nitrogens with one attached hydrogen (secondary N) is 1. The second-order valence-electron chi connectivity index (χ2n) is 6.62. The molecule has 0 aliphatic carbocycles. The fraction of sp³-hybridized carbons (Fsp3) is 0.400. The molecule has 0 radical (unpaired) electrons. The molecule has 1 aromatic heterocycles. The van der Waals surface area contributed by atoms with Crippen LogP contribution in [0.1, 0.15) is 22.4 Å². The van der Waals surface area contributed by atoms with E-state index in [0.29, 0.717) is 39.1 Å². The smallest absolute Gasteiger partial charge is 0.317 e. The monoisotopic (exact) mass is 371 g/mol. The zero-order valence-electron chi connectivity index (χ0n) is 15.1. The highest BCUT2D eigenvalue weighted by Gasteiger charge is 2.22. The molecule has 0 spiro atoms. The Kier molecular flexibility index (Phi) is 6.28. The maximum Gasteiger partial charge on any atom is 0.317 e. The lowest BCUT2D eigenvalue weighted by molar-refractivity contribution is -0.130. The van der Waals surface area contributed by atoms with Crippen molar-refractivity contribution in [2.75, 3.05) is 26.2 Å². The summed E-state index contributed by atoms with van der Waals surface area (Å²) in [6.07, 6.45) is 1.27. The molecule has 1 aliphatic rings. The van der Waals surface area contributed by atoms with Gasteiger partial charge < -0.3 is 15.1 Å². The third-order valence-electron chi connectivity index (χ3n) is 4.61. The highest BCUT2D eigenvalue weighted by atomic mass is 32.1. The minimum atomic E-state index is -0.0573. The number of carbonyl (C=O) groups is 2. The van der Waals surface area contributed by atoms with Crippen LogP contribution in [0.3, 0.4) is 0 Å². The first-order valence-electron chi connectivity index (χ1n) is 9.00. The topological polar surface area (TPSA) is 52.7 Å². The van der Waals surface area contributed by atoms with E-state index in [1.54, 1.807) is 11.3 Å². The van der Waals surface area contributed by atoms with Crippen molar-refractivity contribution >= 4 is 23.3 Å². The number of aryl methyl sites for hydroxylation is 1. The van der Waals surface area contributed by atoms with Crippen LogP contribution in [0.2, 0.25) is 0 Å². The van der Waals surface area contributed by atoms with Gasteiger partial charge in [0.1, 0.15) is 0 Å². The molecule has 3 rings (SSSR count). The van der Waals surface area contributed by atoms with Crippen LogP contribution in [0.4, 0.5) is 4.79 Å². The molecule has 138 valence electrons. The Hall–Kier alpha value is -2.34. The lowest BCUT2D eigenvalue weighted by atomic mass is 10.1. The summed E-state index contributed by atoms with van der Waals surface area (Å²) >= 11 is 1.61. The van der Waals surface area contributed by atoms with Crippen molar-refractivity contribution in [3.05, 3.63) is 57.8 Å². The van der Waals surface area contributed by atoms with E-state index in [9.17, 15) is 9.59 Å². The highest BCUT2D eigenvalue weighted by Crippen LogP contribution is 2.12. The zero-order chi connectivity index (χ0) is 18.4. The predicted octanol–water partition coefficient (Wildman–Crippen LogP) is 3.04. The van der Waals surface area contributed by atoms with Gasteiger partial charge in [0.15, 0.2) is 0 Å². The number of carbonyl (C=O) groups excluding carboxylic acids is 2. The number of nitrogens with zero attached hydrogens (tertiary/aromatic N) is 2. The molecule has 6 heteroatoms. The average Bonchev–Trinajstić information content (AvgIpc) is 3.02. The summed E-state index contributed by atoms with van der Waals surface area (Å²) in [7, 11) is 0. The summed E-state index contributed by atoms with van der Waals surface area (Å²) in [6, 6.07) is 12.1. The van der Waals surface area contributed by atoms with Crippen LogP contribution < -0.4 is 5.32 Å². The number of amides is 3. The summed E-state index contributed by atoms with van der Waals surface area (Å²) < 4.78 is 0. The first kappa shape index (κ1) is 18.5. The predicted molar refractivity (Wildman–Crippen MR) is 104 cm³/mol. The van der Waals surface area contributed by atoms with Crippen LogP contribution in [-0.2, 0) is 17.8 Å². The fourth-order valence-corrected chi connectivity index (χ4v) is 3.74. The molecule has 0 bridgehead atoms. The van der Waals surface area contributed by atoms with Gasteiger partial charge in [0, 0.05) is 37.6 Å². The second-order valence-corrected chi connectivity index (χ2v) is 7.65. The van der Waals surface area contributed by atoms with E-state index in [1.807, 2.05) is 58.5 Å². The van der Waals surface area contributed by atoms with Crippen LogP contribution in [0.5, 0.6) is 0 Å². The Labute approximate surface area is 158 Å². The Morgan fingerprint density at radius 2 is 1.77 bits per heavy atom. The third kappa shape index (κ3) is 5.08. The Morgan fingerprint density at radius 1 is 1.04 bits per heavy atom. The van der Waals surface area contributed by atoms with Gasteiger partial charge in [-0.25, -0.2) is 4.79 Å². The summed E-state index contributed by atoms with van der Waals surface area (Å²) in [6.45, 7) is 5.15. The van der Waals surface area contributed by atoms with Gasteiger partial charge in [-0.1, -0.05) is 35.9 Å². The van der Waals surface area contributed by atoms with Gasteiger partial charge in [-0.05, 0) is 30.4 Å². The lowest BCUT2D eigenvalue weighted by Crippen LogP contribution is -2.42. The molecule has 1 aromatic carbocycles. The highest BCUT2D eigenvalue weighted by molar-refractivity contribution is 7.10. The molecule has 0 saturated carbocycles. The maximum atomic E-state index is 12.4. The molecular weight excluding hydrogens is 346 g/mol. The first-order valence-corrected chi connectivity index (χ1v) is 9.88. The van der Waals surface area contributed by atoms with Crippen molar-refractivity contribution in [2.24, 2.45) is 0 Å². The van der Waals surface area contributed by atoms with E-state index in [4.69, 9.17) is 0 Å². The van der Waals surface area contributed by atoms with E-state index in [2.05, 4.69) is 5.32 Å². The molecule has 1 aliphatic heterocycles. The Bertz CT molecular complexity index is 728. The summed E-state index contributed by atoms with van der Waals surface area (Å²) in [5.41, 5.74) is 2.30. The van der Waals surface area contributed by atoms with Gasteiger partial charge in [0.25, 0.3) is 0 Å². The lowest BCUT2D eigenvalue weighted by Gasteiger charge is -2.22. The summed E-state index contributed by atoms with van der Waals surface area (Å²) in [4.78, 5) is 29.7. The first-order chi connectivity index (χ1) is 12.6. The van der Waals surface area contributed by atoms with Crippen LogP contribution >= 0.6 is 11.3 Å². The number of hydrogen-bond donors (Lipinski definition) is 1. The fourth-order valence-electron chi connectivity index (χ4n) is 3.04. The number of rotatable bonds is 4. The molecule has 2 heterocycles. The molecule has 1 N–H and O–H groups in total. The second kappa shape index (κ2) is 8.85. The molecule has 1 saturated heterocycles. The summed E-state index contributed by atoms with van der Waals surface area (Å²) in [5, 5.41) is 4.97. The van der Waals surface area contributed by atoms with E-state index >= 15 is 0 Å². The van der Waals surface area contributed by atoms with Gasteiger partial charge in [0.2, 0.25) is 5.91 Å². The third-order valence-corrected chi connectivity index (χ3v) is 5.48. The number of hydrogen-bond acceptors (Lipinski definition) is 3. The number of benzene rings is 1. The quantitative estimate of drug-likeness (QED) is 0.898. The van der Waals surface area contributed by atoms with Gasteiger partial charge >= 0.3 is 6.03 Å². The van der Waals surface area contributed by atoms with Crippen molar-refractivity contribution in [1.29, 1.82) is 0 Å². The minimum absolute atomic E-state index is 0.0573. The van der Waals surface area contributed by atoms with E-state index in [-0.39, 0.29) is 11.9 Å². The van der Waals surface area contributed by atoms with Gasteiger partial charge in [-0.2, -0.15) is 0 Å². The van der Waals surface area contributed by atoms with E-state index in [0.717, 1.165) is 16.9 Å². The maximum absolute atomic E-state index is 12.4. The minimum Gasteiger partial charge on any atom is -0.341 e. The number of urea groups is 1. The molecule has 1 fully saturated rings. The normalized spacial score (nSPS) is 14.8. The molecule has 26 heavy (non-hydrogen) atoms. The van der Waals surface area contributed by atoms with E-state index in [1.165, 1.54) is 5.56 Å². The SMILES string of the molecule is Cc1ccc(CNC(=O)N2CCCN(C(=O)Cc3cccs3)CC2)cc1. The molecule has 0 unspecified atom stereocenters. The standard InChI is InChI=1S/C20H25N3O2S/c1-16-5-7-17(8-6-16)15-21-20(25)23-10-3-9-22(11-12-23)19(24)14-18-4-2-13-26-18/h2,4-8,13H,3,9-12,14-15H2,1H3,(H,21,25). The van der Waals surface area contributed by atoms with Crippen LogP contribution in [0, 0.1) is 6.92 Å². The molecule has 0 atom stereocenters. The van der Waals surface area contributed by atoms with Gasteiger partial charge in [-0.3, -0.25) is 4.79 Å². The number of thiophene rings is 1. The zero-order valence-corrected chi connectivity index (χ0v) is 15.9.